The van der Waals surface area contributed by atoms with E-state index in [2.05, 4.69) is 102 Å². The third-order valence-electron chi connectivity index (χ3n) is 7.21. The van der Waals surface area contributed by atoms with Gasteiger partial charge in [0.25, 0.3) is 0 Å². The third-order valence-corrected chi connectivity index (χ3v) is 9.38. The smallest absolute Gasteiger partial charge is 0.0795 e. The molecule has 0 saturated carbocycles. The summed E-state index contributed by atoms with van der Waals surface area (Å²) in [5.41, 5.74) is 11.1. The highest BCUT2D eigenvalue weighted by atomic mass is 32.1. The Morgan fingerprint density at radius 2 is 1.31 bits per heavy atom. The second kappa shape index (κ2) is 7.72. The molecule has 0 amide bonds. The third kappa shape index (κ3) is 2.84. The molecule has 3 aromatic heterocycles. The Balaban J connectivity index is 1.44. The Labute approximate surface area is 217 Å². The van der Waals surface area contributed by atoms with E-state index in [9.17, 15) is 0 Å². The molecule has 4 aromatic carbocycles. The van der Waals surface area contributed by atoms with Crippen LogP contribution in [0.25, 0.3) is 75.3 Å². The quantitative estimate of drug-likeness (QED) is 0.222. The number of aromatic nitrogens is 1. The van der Waals surface area contributed by atoms with Crippen molar-refractivity contribution in [1.29, 1.82) is 0 Å². The Morgan fingerprint density at radius 3 is 2.25 bits per heavy atom. The fourth-order valence-electron chi connectivity index (χ4n) is 5.60. The molecule has 3 heteroatoms. The van der Waals surface area contributed by atoms with Crippen molar-refractivity contribution in [1.82, 2.24) is 4.98 Å². The van der Waals surface area contributed by atoms with Crippen LogP contribution < -0.4 is 0 Å². The molecule has 168 valence electrons. The van der Waals surface area contributed by atoms with Crippen LogP contribution in [0.5, 0.6) is 0 Å². The first-order chi connectivity index (χ1) is 17.9. The highest BCUT2D eigenvalue weighted by Crippen LogP contribution is 2.50. The number of thiophene rings is 2. The molecule has 0 saturated heterocycles. The van der Waals surface area contributed by atoms with Crippen molar-refractivity contribution >= 4 is 42.8 Å². The van der Waals surface area contributed by atoms with Gasteiger partial charge in [0.05, 0.1) is 5.69 Å². The van der Waals surface area contributed by atoms with E-state index in [1.807, 2.05) is 23.6 Å². The highest BCUT2D eigenvalue weighted by Gasteiger charge is 2.24. The molecule has 0 radical (unpaired) electrons. The van der Waals surface area contributed by atoms with E-state index in [1.54, 1.807) is 11.3 Å². The van der Waals surface area contributed by atoms with E-state index in [4.69, 9.17) is 4.98 Å². The molecular formula is C33H19NS2. The van der Waals surface area contributed by atoms with Crippen molar-refractivity contribution in [3.8, 4) is 55.1 Å². The molecule has 1 nitrogen and oxygen atoms in total. The van der Waals surface area contributed by atoms with Crippen molar-refractivity contribution in [2.45, 2.75) is 0 Å². The van der Waals surface area contributed by atoms with Crippen LogP contribution in [0.15, 0.2) is 115 Å². The molecule has 3 heterocycles. The van der Waals surface area contributed by atoms with Crippen molar-refractivity contribution < 1.29 is 0 Å². The molecule has 0 unspecified atom stereocenters. The fourth-order valence-corrected chi connectivity index (χ4v) is 7.78. The predicted molar refractivity (Wildman–Crippen MR) is 156 cm³/mol. The first-order valence-electron chi connectivity index (χ1n) is 12.0. The van der Waals surface area contributed by atoms with Gasteiger partial charge in [0.15, 0.2) is 0 Å². The monoisotopic (exact) mass is 493 g/mol. The summed E-state index contributed by atoms with van der Waals surface area (Å²) in [5.74, 6) is 0. The number of nitrogens with zero attached hydrogens (tertiary/aromatic N) is 1. The van der Waals surface area contributed by atoms with Gasteiger partial charge in [0, 0.05) is 47.9 Å². The zero-order valence-electron chi connectivity index (χ0n) is 19.2. The SMILES string of the molecule is c1ccc2c(c1)-c1cc(-c3cccc4c3sc3ccccc34)ccc1-c1sccc1-c1ncccc1-2. The molecule has 0 atom stereocenters. The topological polar surface area (TPSA) is 12.9 Å². The van der Waals surface area contributed by atoms with Crippen LogP contribution in [0.1, 0.15) is 0 Å². The molecule has 36 heavy (non-hydrogen) atoms. The van der Waals surface area contributed by atoms with Crippen LogP contribution in [0, 0.1) is 0 Å². The number of hydrogen-bond acceptors (Lipinski definition) is 3. The van der Waals surface area contributed by atoms with Crippen molar-refractivity contribution in [2.24, 2.45) is 0 Å². The maximum atomic E-state index is 4.83. The van der Waals surface area contributed by atoms with Crippen LogP contribution in [0.3, 0.4) is 0 Å². The Hall–Kier alpha value is -4.05. The van der Waals surface area contributed by atoms with Gasteiger partial charge in [-0.15, -0.1) is 22.7 Å². The summed E-state index contributed by atoms with van der Waals surface area (Å²) >= 11 is 3.69. The van der Waals surface area contributed by atoms with E-state index in [1.165, 1.54) is 69.6 Å². The van der Waals surface area contributed by atoms with Gasteiger partial charge in [-0.3, -0.25) is 4.98 Å². The van der Waals surface area contributed by atoms with E-state index in [-0.39, 0.29) is 0 Å². The molecule has 1 aliphatic rings. The fraction of sp³-hybridized carbons (Fsp3) is 0. The zero-order valence-corrected chi connectivity index (χ0v) is 20.9. The van der Waals surface area contributed by atoms with Gasteiger partial charge in [-0.1, -0.05) is 78.9 Å². The summed E-state index contributed by atoms with van der Waals surface area (Å²) in [7, 11) is 0. The summed E-state index contributed by atoms with van der Waals surface area (Å²) < 4.78 is 2.69. The molecule has 0 aliphatic heterocycles. The number of pyridine rings is 1. The van der Waals surface area contributed by atoms with Crippen LogP contribution in [-0.2, 0) is 0 Å². The normalized spacial score (nSPS) is 11.9. The van der Waals surface area contributed by atoms with Crippen LogP contribution >= 0.6 is 22.7 Å². The standard InChI is InChI=1S/C33H19NS2/c1-2-8-23-22(7-1)25-12-6-17-34-31(25)28-16-18-35-32(28)27-15-14-20(19-29(23)27)21-10-5-11-26-24-9-3-4-13-30(24)36-33(21)26/h1-19H. The van der Waals surface area contributed by atoms with E-state index < -0.39 is 0 Å². The summed E-state index contributed by atoms with van der Waals surface area (Å²) in [6.07, 6.45) is 1.90. The lowest BCUT2D eigenvalue weighted by Gasteiger charge is -2.21. The second-order valence-electron chi connectivity index (χ2n) is 9.15. The second-order valence-corrected chi connectivity index (χ2v) is 11.1. The molecule has 7 aromatic rings. The maximum Gasteiger partial charge on any atom is 0.0795 e. The van der Waals surface area contributed by atoms with E-state index in [0.717, 1.165) is 5.69 Å². The largest absolute Gasteiger partial charge is 0.256 e. The summed E-state index contributed by atoms with van der Waals surface area (Å²) in [4.78, 5) is 6.12. The molecule has 0 N–H and O–H groups in total. The molecule has 8 rings (SSSR count). The summed E-state index contributed by atoms with van der Waals surface area (Å²) in [6, 6.07) is 37.7. The van der Waals surface area contributed by atoms with Gasteiger partial charge in [0.2, 0.25) is 0 Å². The van der Waals surface area contributed by atoms with Gasteiger partial charge in [-0.05, 0) is 57.5 Å². The number of fused-ring (bicyclic) bond motifs is 11. The molecular weight excluding hydrogens is 475 g/mol. The van der Waals surface area contributed by atoms with Crippen LogP contribution in [0.4, 0.5) is 0 Å². The van der Waals surface area contributed by atoms with Gasteiger partial charge >= 0.3 is 0 Å². The Bertz CT molecular complexity index is 1960. The molecule has 1 aliphatic carbocycles. The maximum absolute atomic E-state index is 4.83. The number of benzene rings is 4. The molecule has 0 spiro atoms. The predicted octanol–water partition coefficient (Wildman–Crippen LogP) is 10.2. The van der Waals surface area contributed by atoms with Crippen LogP contribution in [-0.4, -0.2) is 4.98 Å². The van der Waals surface area contributed by atoms with Gasteiger partial charge in [-0.2, -0.15) is 0 Å². The average Bonchev–Trinajstić information content (AvgIpc) is 3.57. The summed E-state index contributed by atoms with van der Waals surface area (Å²) in [5, 5.41) is 4.86. The lowest BCUT2D eigenvalue weighted by Crippen LogP contribution is -1.96. The van der Waals surface area contributed by atoms with Crippen molar-refractivity contribution in [3.63, 3.8) is 0 Å². The Morgan fingerprint density at radius 1 is 0.528 bits per heavy atom. The molecule has 0 fully saturated rings. The van der Waals surface area contributed by atoms with Gasteiger partial charge in [-0.25, -0.2) is 0 Å². The Kier molecular flexibility index (Phi) is 4.33. The van der Waals surface area contributed by atoms with Gasteiger partial charge < -0.3 is 0 Å². The van der Waals surface area contributed by atoms with Gasteiger partial charge in [0.1, 0.15) is 0 Å². The number of hydrogen-bond donors (Lipinski definition) is 0. The van der Waals surface area contributed by atoms with Crippen molar-refractivity contribution in [2.75, 3.05) is 0 Å². The first kappa shape index (κ1) is 20.2. The van der Waals surface area contributed by atoms with Crippen molar-refractivity contribution in [3.05, 3.63) is 115 Å². The first-order valence-corrected chi connectivity index (χ1v) is 13.7. The number of rotatable bonds is 1. The minimum Gasteiger partial charge on any atom is -0.256 e. The highest BCUT2D eigenvalue weighted by molar-refractivity contribution is 7.26. The molecule has 0 bridgehead atoms. The summed E-state index contributed by atoms with van der Waals surface area (Å²) in [6.45, 7) is 0. The average molecular weight is 494 g/mol. The van der Waals surface area contributed by atoms with E-state index in [0.29, 0.717) is 0 Å². The zero-order chi connectivity index (χ0) is 23.6. The lowest BCUT2D eigenvalue weighted by molar-refractivity contribution is 1.33. The minimum absolute atomic E-state index is 1.06. The lowest BCUT2D eigenvalue weighted by atomic mass is 9.84. The van der Waals surface area contributed by atoms with E-state index >= 15 is 0 Å². The van der Waals surface area contributed by atoms with Crippen LogP contribution in [0.2, 0.25) is 0 Å². The minimum atomic E-state index is 1.06.